The number of fused-ring (bicyclic) bond motifs is 1. The molecule has 5 heteroatoms. The lowest BCUT2D eigenvalue weighted by Crippen LogP contribution is -2.27. The molecule has 0 aliphatic carbocycles. The summed E-state index contributed by atoms with van der Waals surface area (Å²) in [5.41, 5.74) is -0.0153. The van der Waals surface area contributed by atoms with Crippen molar-refractivity contribution in [3.8, 4) is 5.75 Å². The normalized spacial score (nSPS) is 10.8. The fourth-order valence-electron chi connectivity index (χ4n) is 2.69. The Morgan fingerprint density at radius 1 is 1.00 bits per heavy atom. The lowest BCUT2D eigenvalue weighted by Gasteiger charge is -2.10. The zero-order valence-electron chi connectivity index (χ0n) is 14.1. The highest BCUT2D eigenvalue weighted by molar-refractivity contribution is 6.02. The minimum Gasteiger partial charge on any atom is -0.422 e. The van der Waals surface area contributed by atoms with E-state index >= 15 is 0 Å². The van der Waals surface area contributed by atoms with Crippen LogP contribution in [-0.4, -0.2) is 15.7 Å². The van der Waals surface area contributed by atoms with Crippen LogP contribution in [0.4, 0.5) is 0 Å². The second-order valence-electron chi connectivity index (χ2n) is 5.83. The molecule has 0 aliphatic rings. The number of hydrogen-bond acceptors (Lipinski definition) is 4. The Labute approximate surface area is 145 Å². The van der Waals surface area contributed by atoms with E-state index in [1.54, 1.807) is 48.5 Å². The number of unbranched alkanes of at least 4 members (excludes halogenated alkanes) is 2. The smallest absolute Gasteiger partial charge is 0.364 e. The zero-order chi connectivity index (χ0) is 17.6. The second-order valence-corrected chi connectivity index (χ2v) is 5.83. The highest BCUT2D eigenvalue weighted by atomic mass is 16.5. The molecule has 0 aliphatic heterocycles. The summed E-state index contributed by atoms with van der Waals surface area (Å²) in [6.07, 6.45) is 2.89. The van der Waals surface area contributed by atoms with Gasteiger partial charge in [0.1, 0.15) is 5.75 Å². The van der Waals surface area contributed by atoms with Gasteiger partial charge in [-0.05, 0) is 24.6 Å². The van der Waals surface area contributed by atoms with Crippen LogP contribution in [0, 0.1) is 0 Å². The first-order valence-electron chi connectivity index (χ1n) is 8.48. The van der Waals surface area contributed by atoms with Crippen LogP contribution in [0.15, 0.2) is 59.4 Å². The minimum absolute atomic E-state index is 0.163. The monoisotopic (exact) mass is 336 g/mol. The maximum atomic E-state index is 12.6. The van der Waals surface area contributed by atoms with E-state index in [1.807, 2.05) is 6.07 Å². The minimum atomic E-state index is -0.563. The molecule has 2 aromatic carbocycles. The third-order valence-electron chi connectivity index (χ3n) is 3.99. The molecule has 128 valence electrons. The summed E-state index contributed by atoms with van der Waals surface area (Å²) >= 11 is 0. The number of carbonyl (C=O) groups excluding carboxylic acids is 1. The fraction of sp³-hybridized carbons (Fsp3) is 0.250. The van der Waals surface area contributed by atoms with E-state index < -0.39 is 5.97 Å². The van der Waals surface area contributed by atoms with E-state index in [1.165, 1.54) is 4.68 Å². The van der Waals surface area contributed by atoms with Gasteiger partial charge in [-0.3, -0.25) is 4.79 Å². The van der Waals surface area contributed by atoms with Crippen molar-refractivity contribution in [3.63, 3.8) is 0 Å². The average Bonchev–Trinajstić information content (AvgIpc) is 2.64. The molecule has 0 bridgehead atoms. The first-order chi connectivity index (χ1) is 12.2. The summed E-state index contributed by atoms with van der Waals surface area (Å²) in [7, 11) is 0. The summed E-state index contributed by atoms with van der Waals surface area (Å²) in [5, 5.41) is 5.29. The first-order valence-corrected chi connectivity index (χ1v) is 8.48. The van der Waals surface area contributed by atoms with E-state index in [0.717, 1.165) is 19.3 Å². The first kappa shape index (κ1) is 16.9. The Bertz CT molecular complexity index is 933. The molecule has 0 unspecified atom stereocenters. The van der Waals surface area contributed by atoms with E-state index in [2.05, 4.69) is 12.0 Å². The summed E-state index contributed by atoms with van der Waals surface area (Å²) in [6, 6.07) is 15.8. The maximum absolute atomic E-state index is 12.6. The molecular formula is C20H20N2O3. The van der Waals surface area contributed by atoms with Crippen LogP contribution in [0.5, 0.6) is 5.75 Å². The standard InChI is InChI=1S/C20H20N2O3/c1-2-3-9-14-22-19(23)17-13-8-7-12-16(17)18(21-22)20(24)25-15-10-5-4-6-11-15/h4-8,10-13H,2-3,9,14H2,1H3. The molecule has 1 aromatic heterocycles. The van der Waals surface area contributed by atoms with Crippen molar-refractivity contribution < 1.29 is 9.53 Å². The van der Waals surface area contributed by atoms with Gasteiger partial charge in [-0.25, -0.2) is 9.48 Å². The number of aryl methyl sites for hydroxylation is 1. The van der Waals surface area contributed by atoms with Crippen LogP contribution in [0.2, 0.25) is 0 Å². The van der Waals surface area contributed by atoms with Gasteiger partial charge in [-0.15, -0.1) is 0 Å². The maximum Gasteiger partial charge on any atom is 0.364 e. The van der Waals surface area contributed by atoms with Crippen LogP contribution in [-0.2, 0) is 6.54 Å². The Kier molecular flexibility index (Phi) is 5.23. The quantitative estimate of drug-likeness (QED) is 0.390. The summed E-state index contributed by atoms with van der Waals surface area (Å²) in [5.74, 6) is -0.117. The fourth-order valence-corrected chi connectivity index (χ4v) is 2.69. The van der Waals surface area contributed by atoms with Gasteiger partial charge >= 0.3 is 5.97 Å². The molecule has 3 rings (SSSR count). The Hall–Kier alpha value is -2.95. The molecule has 5 nitrogen and oxygen atoms in total. The molecule has 0 fully saturated rings. The third kappa shape index (κ3) is 3.76. The van der Waals surface area contributed by atoms with Gasteiger partial charge in [-0.2, -0.15) is 5.10 Å². The van der Waals surface area contributed by atoms with Crippen molar-refractivity contribution in [2.75, 3.05) is 0 Å². The number of hydrogen-bond donors (Lipinski definition) is 0. The van der Waals surface area contributed by atoms with Crippen LogP contribution >= 0.6 is 0 Å². The summed E-state index contributed by atoms with van der Waals surface area (Å²) in [4.78, 5) is 25.2. The molecular weight excluding hydrogens is 316 g/mol. The van der Waals surface area contributed by atoms with E-state index in [9.17, 15) is 9.59 Å². The van der Waals surface area contributed by atoms with Gasteiger partial charge in [0.25, 0.3) is 5.56 Å². The predicted molar refractivity (Wildman–Crippen MR) is 96.9 cm³/mol. The molecule has 25 heavy (non-hydrogen) atoms. The van der Waals surface area contributed by atoms with Crippen molar-refractivity contribution in [2.45, 2.75) is 32.7 Å². The lowest BCUT2D eigenvalue weighted by molar-refractivity contribution is 0.0728. The predicted octanol–water partition coefficient (Wildman–Crippen LogP) is 3.81. The Morgan fingerprint density at radius 3 is 2.40 bits per heavy atom. The molecule has 3 aromatic rings. The Morgan fingerprint density at radius 2 is 1.68 bits per heavy atom. The van der Waals surface area contributed by atoms with Crippen LogP contribution in [0.3, 0.4) is 0 Å². The number of benzene rings is 2. The number of nitrogens with zero attached hydrogens (tertiary/aromatic N) is 2. The largest absolute Gasteiger partial charge is 0.422 e. The zero-order valence-corrected chi connectivity index (χ0v) is 14.1. The Balaban J connectivity index is 2.02. The van der Waals surface area contributed by atoms with Gasteiger partial charge in [0, 0.05) is 11.9 Å². The van der Waals surface area contributed by atoms with Gasteiger partial charge < -0.3 is 4.74 Å². The number of para-hydroxylation sites is 1. The van der Waals surface area contributed by atoms with Crippen LogP contribution in [0.25, 0.3) is 10.8 Å². The van der Waals surface area contributed by atoms with E-state index in [-0.39, 0.29) is 11.3 Å². The van der Waals surface area contributed by atoms with Crippen molar-refractivity contribution in [1.29, 1.82) is 0 Å². The lowest BCUT2D eigenvalue weighted by atomic mass is 10.1. The van der Waals surface area contributed by atoms with Crippen LogP contribution < -0.4 is 10.3 Å². The van der Waals surface area contributed by atoms with Crippen molar-refractivity contribution in [3.05, 3.63) is 70.6 Å². The number of ether oxygens (including phenoxy) is 1. The van der Waals surface area contributed by atoms with Crippen molar-refractivity contribution in [1.82, 2.24) is 9.78 Å². The summed E-state index contributed by atoms with van der Waals surface area (Å²) in [6.45, 7) is 2.59. The van der Waals surface area contributed by atoms with Gasteiger partial charge in [0.15, 0.2) is 5.69 Å². The third-order valence-corrected chi connectivity index (χ3v) is 3.99. The molecule has 0 radical (unpaired) electrons. The highest BCUT2D eigenvalue weighted by Crippen LogP contribution is 2.17. The number of carbonyl (C=O) groups is 1. The van der Waals surface area contributed by atoms with E-state index in [0.29, 0.717) is 23.1 Å². The van der Waals surface area contributed by atoms with Crippen molar-refractivity contribution >= 4 is 16.7 Å². The second kappa shape index (κ2) is 7.75. The summed E-state index contributed by atoms with van der Waals surface area (Å²) < 4.78 is 6.79. The molecule has 0 saturated carbocycles. The van der Waals surface area contributed by atoms with E-state index in [4.69, 9.17) is 4.74 Å². The number of aromatic nitrogens is 2. The van der Waals surface area contributed by atoms with Gasteiger partial charge in [0.2, 0.25) is 0 Å². The highest BCUT2D eigenvalue weighted by Gasteiger charge is 2.18. The topological polar surface area (TPSA) is 61.2 Å². The van der Waals surface area contributed by atoms with Gasteiger partial charge in [-0.1, -0.05) is 56.2 Å². The molecule has 0 spiro atoms. The molecule has 0 saturated heterocycles. The van der Waals surface area contributed by atoms with Crippen LogP contribution in [0.1, 0.15) is 36.7 Å². The molecule has 0 atom stereocenters. The van der Waals surface area contributed by atoms with Gasteiger partial charge in [0.05, 0.1) is 5.39 Å². The van der Waals surface area contributed by atoms with Crippen molar-refractivity contribution in [2.24, 2.45) is 0 Å². The molecule has 0 N–H and O–H groups in total. The SMILES string of the molecule is CCCCCn1nc(C(=O)Oc2ccccc2)c2ccccc2c1=O. The molecule has 1 heterocycles. The molecule has 0 amide bonds. The number of rotatable bonds is 6. The average molecular weight is 336 g/mol. The number of esters is 1.